The predicted octanol–water partition coefficient (Wildman–Crippen LogP) is 6.39. The van der Waals surface area contributed by atoms with Crippen molar-refractivity contribution in [2.75, 3.05) is 38.2 Å². The fourth-order valence-electron chi connectivity index (χ4n) is 5.28. The van der Waals surface area contributed by atoms with Gasteiger partial charge in [-0.15, -0.1) is 5.10 Å². The molecule has 3 aromatic rings. The molecule has 4 rings (SSSR count). The van der Waals surface area contributed by atoms with Crippen molar-refractivity contribution in [1.82, 2.24) is 25.0 Å². The van der Waals surface area contributed by atoms with E-state index in [2.05, 4.69) is 25.6 Å². The Morgan fingerprint density at radius 2 is 1.32 bits per heavy atom. The fourth-order valence-corrected chi connectivity index (χ4v) is 9.86. The molecule has 3 N–H and O–H groups in total. The third kappa shape index (κ3) is 14.6. The Bertz CT molecular complexity index is 2000. The average Bonchev–Trinajstić information content (AvgIpc) is 3.68. The molecule has 1 unspecified atom stereocenters. The van der Waals surface area contributed by atoms with Crippen LogP contribution in [0.2, 0.25) is 10.3 Å². The van der Waals surface area contributed by atoms with Gasteiger partial charge >= 0.3 is 33.7 Å². The molecule has 2 aromatic heterocycles. The van der Waals surface area contributed by atoms with E-state index in [1.54, 1.807) is 12.1 Å². The minimum absolute atomic E-state index is 0.0930. The summed E-state index contributed by atoms with van der Waals surface area (Å²) in [4.78, 5) is 44.4. The van der Waals surface area contributed by atoms with E-state index in [0.717, 1.165) is 5.56 Å². The predicted molar refractivity (Wildman–Crippen MR) is 208 cm³/mol. The van der Waals surface area contributed by atoms with Crippen LogP contribution in [0.4, 0.5) is 20.2 Å². The second kappa shape index (κ2) is 22.3. The molecule has 60 heavy (non-hydrogen) atoms. The number of carbonyl (C=O) groups excluding carboxylic acids is 3. The monoisotopic (exact) mass is 930 g/mol. The Morgan fingerprint density at radius 1 is 0.800 bits per heavy atom. The quantitative estimate of drug-likeness (QED) is 0.0343. The number of anilines is 1. The van der Waals surface area contributed by atoms with Crippen molar-refractivity contribution in [3.05, 3.63) is 40.1 Å². The summed E-state index contributed by atoms with van der Waals surface area (Å²) in [6, 6.07) is 6.12. The molecule has 2 heterocycles. The zero-order chi connectivity index (χ0) is 44.2. The normalized spacial score (nSPS) is 19.0. The molecule has 27 heteroatoms. The van der Waals surface area contributed by atoms with Gasteiger partial charge in [-0.3, -0.25) is 22.7 Å². The molecule has 0 bridgehead atoms. The summed E-state index contributed by atoms with van der Waals surface area (Å²) < 4.78 is 79.8. The topological polar surface area (TPSA) is 287 Å². The molecule has 0 saturated heterocycles. The number of rotatable bonds is 21. The van der Waals surface area contributed by atoms with Gasteiger partial charge in [-0.1, -0.05) is 35.0 Å². The Kier molecular flexibility index (Phi) is 18.1. The largest absolute Gasteiger partial charge is 0.510 e. The van der Waals surface area contributed by atoms with Gasteiger partial charge in [-0.05, 0) is 71.2 Å². The van der Waals surface area contributed by atoms with Crippen LogP contribution in [-0.4, -0.2) is 117 Å². The van der Waals surface area contributed by atoms with E-state index in [-0.39, 0.29) is 35.2 Å². The minimum Gasteiger partial charge on any atom is -0.432 e. The number of carbonyl (C=O) groups is 3. The maximum absolute atomic E-state index is 14.3. The van der Waals surface area contributed by atoms with E-state index < -0.39 is 109 Å². The summed E-state index contributed by atoms with van der Waals surface area (Å²) in [5, 5.41) is 34.1. The Morgan fingerprint density at radius 3 is 1.83 bits per heavy atom. The molecule has 0 amide bonds. The highest BCUT2D eigenvalue weighted by atomic mass is 35.5. The van der Waals surface area contributed by atoms with Crippen molar-refractivity contribution in [1.29, 1.82) is 0 Å². The lowest BCUT2D eigenvalue weighted by Gasteiger charge is -2.25. The first-order chi connectivity index (χ1) is 28.3. The van der Waals surface area contributed by atoms with Crippen LogP contribution < -0.4 is 5.32 Å². The molecule has 0 spiro atoms. The van der Waals surface area contributed by atoms with Crippen LogP contribution in [0.5, 0.6) is 0 Å². The molecular formula is C33H46Cl2N6O17P2. The number of ether oxygens (including phenoxy) is 6. The summed E-state index contributed by atoms with van der Waals surface area (Å²) >= 11 is 12.6. The second-order valence-corrected chi connectivity index (χ2v) is 19.0. The second-order valence-electron chi connectivity index (χ2n) is 13.6. The van der Waals surface area contributed by atoms with Crippen molar-refractivity contribution in [2.45, 2.75) is 91.1 Å². The number of nitrogens with zero attached hydrogens (tertiary/aromatic N) is 5. The number of aliphatic hydroxyl groups is 2. The molecule has 1 aliphatic carbocycles. The van der Waals surface area contributed by atoms with E-state index in [1.807, 2.05) is 12.1 Å². The zero-order valence-corrected chi connectivity index (χ0v) is 36.5. The zero-order valence-electron chi connectivity index (χ0n) is 33.2. The lowest BCUT2D eigenvalue weighted by molar-refractivity contribution is -0.0299. The first-order valence-corrected chi connectivity index (χ1v) is 22.4. The summed E-state index contributed by atoms with van der Waals surface area (Å²) in [5.74, 6) is -2.08. The third-order valence-electron chi connectivity index (χ3n) is 7.89. The summed E-state index contributed by atoms with van der Waals surface area (Å²) in [6.07, 6.45) is -8.60. The smallest absolute Gasteiger partial charge is 0.432 e. The van der Waals surface area contributed by atoms with Gasteiger partial charge in [0.05, 0.1) is 37.1 Å². The van der Waals surface area contributed by atoms with Gasteiger partial charge in [0.25, 0.3) is 0 Å². The lowest BCUT2D eigenvalue weighted by Crippen LogP contribution is -2.31. The van der Waals surface area contributed by atoms with Crippen LogP contribution in [0.1, 0.15) is 59.6 Å². The summed E-state index contributed by atoms with van der Waals surface area (Å²) in [7, 11) is -9.68. The molecule has 1 saturated carbocycles. The highest BCUT2D eigenvalue weighted by Gasteiger charge is 2.47. The molecule has 334 valence electrons. The fraction of sp³-hybridized carbons (Fsp3) is 0.606. The Labute approximate surface area is 353 Å². The maximum Gasteiger partial charge on any atom is 0.510 e. The average molecular weight is 932 g/mol. The summed E-state index contributed by atoms with van der Waals surface area (Å²) in [5.41, 5.74) is 1.03. The third-order valence-corrected chi connectivity index (χ3v) is 13.2. The number of aliphatic hydroxyl groups excluding tert-OH is 2. The summed E-state index contributed by atoms with van der Waals surface area (Å²) in [6.45, 7) is 5.57. The molecular weight excluding hydrogens is 885 g/mol. The van der Waals surface area contributed by atoms with Gasteiger partial charge in [-0.2, -0.15) is 9.97 Å². The van der Waals surface area contributed by atoms with E-state index in [4.69, 9.17) is 69.7 Å². The van der Waals surface area contributed by atoms with Crippen LogP contribution in [0.25, 0.3) is 11.2 Å². The number of fused-ring (bicyclic) bond motifs is 1. The molecule has 23 nitrogen and oxygen atoms in total. The van der Waals surface area contributed by atoms with Gasteiger partial charge in [-0.25, -0.2) is 19.1 Å². The van der Waals surface area contributed by atoms with Crippen molar-refractivity contribution in [2.24, 2.45) is 5.92 Å². The number of benzene rings is 1. The highest BCUT2D eigenvalue weighted by molar-refractivity contribution is 7.71. The molecule has 0 aliphatic heterocycles. The maximum atomic E-state index is 14.3. The molecule has 1 aliphatic rings. The van der Waals surface area contributed by atoms with Crippen LogP contribution in [0.3, 0.4) is 0 Å². The Balaban J connectivity index is 1.54. The lowest BCUT2D eigenvalue weighted by atomic mass is 10.1. The van der Waals surface area contributed by atoms with Crippen molar-refractivity contribution < 1.29 is 80.2 Å². The standard InChI is InChI=1S/C33H46Cl2N6O17P2/c1-18(2)56-31(44)49-14-53-59(47,17-60(48,54-15-50-32(45)57-19(3)4)55-16-51-33(46)58-20(5)6)52-13-22-11-24(27(43)26(22)42)41-29-25(39-40-41)28(37-30(35)38-29)36-12-21-9-7-8-10-23(21)34/h7-10,18-20,22,24,26-27,42-43H,11-17H2,1-6H3,(H,36,37,38)/t22-,24-,26-,27+,59?/m1/s1. The van der Waals surface area contributed by atoms with Gasteiger partial charge in [0.2, 0.25) is 25.7 Å². The number of halogens is 2. The number of aromatic nitrogens is 5. The highest BCUT2D eigenvalue weighted by Crippen LogP contribution is 2.64. The van der Waals surface area contributed by atoms with E-state index in [9.17, 15) is 33.7 Å². The van der Waals surface area contributed by atoms with E-state index in [0.29, 0.717) is 5.02 Å². The van der Waals surface area contributed by atoms with Gasteiger partial charge in [0.15, 0.2) is 22.9 Å². The SMILES string of the molecule is CC(C)OC(=O)OCOP(=O)(CP(=O)(OCOC(=O)OC(C)C)OC[C@H]1C[C@@H](n2nnc3c(NCc4ccccc4Cl)nc(Cl)nc32)[C@H](O)[C@@H]1O)OCOC(=O)OC(C)C. The molecule has 1 fully saturated rings. The van der Waals surface area contributed by atoms with E-state index >= 15 is 0 Å². The molecule has 0 radical (unpaired) electrons. The van der Waals surface area contributed by atoms with Gasteiger partial charge in [0.1, 0.15) is 6.10 Å². The van der Waals surface area contributed by atoms with Crippen molar-refractivity contribution >= 4 is 73.8 Å². The van der Waals surface area contributed by atoms with E-state index in [1.165, 1.54) is 46.2 Å². The first-order valence-electron chi connectivity index (χ1n) is 18.2. The number of hydrogen-bond donors (Lipinski definition) is 3. The van der Waals surface area contributed by atoms with Crippen LogP contribution >= 0.6 is 38.4 Å². The van der Waals surface area contributed by atoms with Gasteiger partial charge < -0.3 is 48.5 Å². The molecule has 5 atom stereocenters. The van der Waals surface area contributed by atoms with Crippen LogP contribution in [0, 0.1) is 5.92 Å². The van der Waals surface area contributed by atoms with Crippen LogP contribution in [0.15, 0.2) is 24.3 Å². The van der Waals surface area contributed by atoms with Crippen molar-refractivity contribution in [3.8, 4) is 0 Å². The first kappa shape index (κ1) is 48.8. The minimum atomic E-state index is -4.84. The van der Waals surface area contributed by atoms with Crippen LogP contribution in [-0.2, 0) is 62.2 Å². The number of nitrogens with one attached hydrogen (secondary N) is 1. The van der Waals surface area contributed by atoms with Crippen molar-refractivity contribution in [3.63, 3.8) is 0 Å². The Hall–Kier alpha value is -3.89. The number of hydrogen-bond acceptors (Lipinski definition) is 22. The molecule has 1 aromatic carbocycles. The van der Waals surface area contributed by atoms with Gasteiger partial charge in [0, 0.05) is 17.5 Å².